The Balaban J connectivity index is 1.64. The molecule has 0 spiro atoms. The fourth-order valence-electron chi connectivity index (χ4n) is 2.92. The molecule has 98 valence electrons. The number of nitrogens with two attached hydrogens (primary N) is 1. The van der Waals surface area contributed by atoms with Crippen molar-refractivity contribution in [2.45, 2.75) is 57.9 Å². The lowest BCUT2D eigenvalue weighted by atomic mass is 9.80. The van der Waals surface area contributed by atoms with Crippen molar-refractivity contribution in [1.29, 1.82) is 0 Å². The van der Waals surface area contributed by atoms with Gasteiger partial charge in [0.25, 0.3) is 0 Å². The highest BCUT2D eigenvalue weighted by Gasteiger charge is 2.30. The molecule has 17 heavy (non-hydrogen) atoms. The second-order valence-corrected chi connectivity index (χ2v) is 6.03. The summed E-state index contributed by atoms with van der Waals surface area (Å²) >= 11 is 0. The molecule has 1 amide bonds. The zero-order chi connectivity index (χ0) is 12.3. The molecule has 3 nitrogen and oxygen atoms in total. The van der Waals surface area contributed by atoms with Gasteiger partial charge in [-0.15, -0.1) is 0 Å². The van der Waals surface area contributed by atoms with Crippen molar-refractivity contribution in [3.8, 4) is 0 Å². The van der Waals surface area contributed by atoms with Gasteiger partial charge in [0.2, 0.25) is 5.91 Å². The third-order valence-corrected chi connectivity index (χ3v) is 4.50. The van der Waals surface area contributed by atoms with Crippen LogP contribution in [0.5, 0.6) is 0 Å². The van der Waals surface area contributed by atoms with E-state index in [-0.39, 0.29) is 11.9 Å². The van der Waals surface area contributed by atoms with Crippen molar-refractivity contribution in [3.05, 3.63) is 0 Å². The lowest BCUT2D eigenvalue weighted by molar-refractivity contribution is -0.121. The summed E-state index contributed by atoms with van der Waals surface area (Å²) in [6, 6.07) is 0.0961. The van der Waals surface area contributed by atoms with Crippen molar-refractivity contribution >= 4 is 5.91 Å². The van der Waals surface area contributed by atoms with Gasteiger partial charge in [-0.1, -0.05) is 26.2 Å². The van der Waals surface area contributed by atoms with Gasteiger partial charge in [-0.3, -0.25) is 4.79 Å². The van der Waals surface area contributed by atoms with Crippen molar-refractivity contribution < 1.29 is 4.79 Å². The average Bonchev–Trinajstić information content (AvgIpc) is 3.11. The molecule has 0 radical (unpaired) electrons. The van der Waals surface area contributed by atoms with E-state index in [0.717, 1.165) is 12.5 Å². The smallest absolute Gasteiger partial charge is 0.221 e. The van der Waals surface area contributed by atoms with Gasteiger partial charge in [-0.05, 0) is 37.0 Å². The Kier molecular flexibility index (Phi) is 4.43. The molecule has 0 aromatic rings. The van der Waals surface area contributed by atoms with E-state index in [1.165, 1.54) is 38.5 Å². The molecule has 0 aromatic heterocycles. The Hall–Kier alpha value is -0.570. The summed E-state index contributed by atoms with van der Waals surface area (Å²) in [7, 11) is 0. The molecule has 3 N–H and O–H groups in total. The van der Waals surface area contributed by atoms with E-state index in [4.69, 9.17) is 5.73 Å². The molecule has 2 rings (SSSR count). The van der Waals surface area contributed by atoms with Gasteiger partial charge in [-0.25, -0.2) is 0 Å². The number of carbonyl (C=O) groups excluding carboxylic acids is 1. The van der Waals surface area contributed by atoms with Crippen molar-refractivity contribution in [2.75, 3.05) is 6.54 Å². The monoisotopic (exact) mass is 238 g/mol. The average molecular weight is 238 g/mol. The van der Waals surface area contributed by atoms with Gasteiger partial charge in [-0.2, -0.15) is 0 Å². The minimum Gasteiger partial charge on any atom is -0.356 e. The van der Waals surface area contributed by atoms with Crippen LogP contribution in [0.2, 0.25) is 0 Å². The summed E-state index contributed by atoms with van der Waals surface area (Å²) in [6.45, 7) is 3.17. The van der Waals surface area contributed by atoms with Crippen LogP contribution in [0.15, 0.2) is 0 Å². The van der Waals surface area contributed by atoms with Crippen LogP contribution in [0, 0.1) is 17.8 Å². The summed E-state index contributed by atoms with van der Waals surface area (Å²) in [4.78, 5) is 11.7. The number of hydrogen-bond acceptors (Lipinski definition) is 2. The minimum absolute atomic E-state index is 0.0961. The van der Waals surface area contributed by atoms with Gasteiger partial charge >= 0.3 is 0 Å². The highest BCUT2D eigenvalue weighted by atomic mass is 16.1. The van der Waals surface area contributed by atoms with E-state index in [0.29, 0.717) is 18.3 Å². The predicted molar refractivity (Wildman–Crippen MR) is 69.4 cm³/mol. The molecule has 3 heteroatoms. The third-order valence-electron chi connectivity index (χ3n) is 4.50. The van der Waals surface area contributed by atoms with Crippen LogP contribution in [0.25, 0.3) is 0 Å². The van der Waals surface area contributed by atoms with Gasteiger partial charge in [0, 0.05) is 19.0 Å². The molecule has 2 saturated carbocycles. The summed E-state index contributed by atoms with van der Waals surface area (Å²) in [5.74, 6) is 2.22. The highest BCUT2D eigenvalue weighted by molar-refractivity contribution is 5.76. The maximum Gasteiger partial charge on any atom is 0.221 e. The first-order valence-electron chi connectivity index (χ1n) is 7.19. The predicted octanol–water partition coefficient (Wildman–Crippen LogP) is 2.06. The summed E-state index contributed by atoms with van der Waals surface area (Å²) in [5, 5.41) is 3.08. The first-order valence-corrected chi connectivity index (χ1v) is 7.19. The molecule has 0 aromatic carbocycles. The van der Waals surface area contributed by atoms with E-state index >= 15 is 0 Å². The van der Waals surface area contributed by atoms with Crippen molar-refractivity contribution in [2.24, 2.45) is 23.5 Å². The number of rotatable bonds is 5. The molecule has 3 atom stereocenters. The Bertz CT molecular complexity index is 263. The van der Waals surface area contributed by atoms with E-state index in [9.17, 15) is 4.79 Å². The molecule has 0 bridgehead atoms. The summed E-state index contributed by atoms with van der Waals surface area (Å²) < 4.78 is 0. The zero-order valence-corrected chi connectivity index (χ0v) is 11.0. The Morgan fingerprint density at radius 1 is 1.29 bits per heavy atom. The molecular formula is C14H26N2O. The fourth-order valence-corrected chi connectivity index (χ4v) is 2.92. The lowest BCUT2D eigenvalue weighted by Gasteiger charge is -2.28. The van der Waals surface area contributed by atoms with Crippen LogP contribution in [-0.4, -0.2) is 18.5 Å². The van der Waals surface area contributed by atoms with Crippen LogP contribution in [-0.2, 0) is 4.79 Å². The fraction of sp³-hybridized carbons (Fsp3) is 0.929. The maximum absolute atomic E-state index is 11.7. The van der Waals surface area contributed by atoms with Crippen LogP contribution in [0.1, 0.15) is 51.9 Å². The second kappa shape index (κ2) is 5.85. The van der Waals surface area contributed by atoms with E-state index < -0.39 is 0 Å². The molecule has 0 aliphatic heterocycles. The van der Waals surface area contributed by atoms with Crippen LogP contribution < -0.4 is 11.1 Å². The van der Waals surface area contributed by atoms with E-state index in [1.54, 1.807) is 0 Å². The van der Waals surface area contributed by atoms with Crippen LogP contribution in [0.4, 0.5) is 0 Å². The SMILES string of the molecule is CC1CCCCC1CNC(=O)CC(N)C1CC1. The minimum atomic E-state index is 0.0961. The normalized spacial score (nSPS) is 30.9. The summed E-state index contributed by atoms with van der Waals surface area (Å²) in [6.07, 6.45) is 8.23. The number of amides is 1. The zero-order valence-electron chi connectivity index (χ0n) is 11.0. The lowest BCUT2D eigenvalue weighted by Crippen LogP contribution is -2.37. The largest absolute Gasteiger partial charge is 0.356 e. The number of carbonyl (C=O) groups is 1. The van der Waals surface area contributed by atoms with E-state index in [1.807, 2.05) is 0 Å². The molecular weight excluding hydrogens is 212 g/mol. The van der Waals surface area contributed by atoms with Crippen molar-refractivity contribution in [3.63, 3.8) is 0 Å². The van der Waals surface area contributed by atoms with Gasteiger partial charge in [0.05, 0.1) is 0 Å². The van der Waals surface area contributed by atoms with Crippen molar-refractivity contribution in [1.82, 2.24) is 5.32 Å². The number of nitrogens with one attached hydrogen (secondary N) is 1. The standard InChI is InChI=1S/C14H26N2O/c1-10-4-2-3-5-12(10)9-16-14(17)8-13(15)11-6-7-11/h10-13H,2-9,15H2,1H3,(H,16,17). The molecule has 2 aliphatic rings. The molecule has 2 fully saturated rings. The second-order valence-electron chi connectivity index (χ2n) is 6.03. The van der Waals surface area contributed by atoms with Gasteiger partial charge in [0.1, 0.15) is 0 Å². The van der Waals surface area contributed by atoms with Crippen LogP contribution >= 0.6 is 0 Å². The first-order chi connectivity index (χ1) is 8.16. The molecule has 3 unspecified atom stereocenters. The quantitative estimate of drug-likeness (QED) is 0.770. The number of hydrogen-bond donors (Lipinski definition) is 2. The van der Waals surface area contributed by atoms with Crippen LogP contribution in [0.3, 0.4) is 0 Å². The Morgan fingerprint density at radius 2 is 2.00 bits per heavy atom. The topological polar surface area (TPSA) is 55.1 Å². The maximum atomic E-state index is 11.7. The highest BCUT2D eigenvalue weighted by Crippen LogP contribution is 2.33. The van der Waals surface area contributed by atoms with Gasteiger partial charge < -0.3 is 11.1 Å². The Labute approximate surface area is 105 Å². The Morgan fingerprint density at radius 3 is 2.65 bits per heavy atom. The van der Waals surface area contributed by atoms with E-state index in [2.05, 4.69) is 12.2 Å². The summed E-state index contributed by atoms with van der Waals surface area (Å²) in [5.41, 5.74) is 5.96. The molecule has 2 aliphatic carbocycles. The third kappa shape index (κ3) is 3.98. The molecule has 0 saturated heterocycles. The van der Waals surface area contributed by atoms with Gasteiger partial charge in [0.15, 0.2) is 0 Å². The molecule has 0 heterocycles. The first kappa shape index (κ1) is 12.9.